The van der Waals surface area contributed by atoms with Crippen LogP contribution < -0.4 is 10.2 Å². The van der Waals surface area contributed by atoms with Gasteiger partial charge in [0.2, 0.25) is 0 Å². The maximum Gasteiger partial charge on any atom is 0.0513 e. The van der Waals surface area contributed by atoms with Crippen molar-refractivity contribution in [2.45, 2.75) is 33.2 Å². The molecule has 0 spiro atoms. The van der Waals surface area contributed by atoms with Gasteiger partial charge in [0.1, 0.15) is 0 Å². The summed E-state index contributed by atoms with van der Waals surface area (Å²) in [5.74, 6) is 0.778. The van der Waals surface area contributed by atoms with Crippen molar-refractivity contribution in [2.75, 3.05) is 24.5 Å². The minimum atomic E-state index is 0.588. The number of hydrogen-bond donors (Lipinski definition) is 1. The van der Waals surface area contributed by atoms with Gasteiger partial charge in [-0.25, -0.2) is 0 Å². The molecule has 1 heterocycles. The van der Waals surface area contributed by atoms with Crippen molar-refractivity contribution >= 4 is 21.6 Å². The molecule has 1 atom stereocenters. The summed E-state index contributed by atoms with van der Waals surface area (Å²) in [7, 11) is 0. The summed E-state index contributed by atoms with van der Waals surface area (Å²) in [5, 5.41) is 3.55. The van der Waals surface area contributed by atoms with E-state index in [1.165, 1.54) is 35.2 Å². The minimum Gasteiger partial charge on any atom is -0.370 e. The van der Waals surface area contributed by atoms with E-state index in [2.05, 4.69) is 65.1 Å². The van der Waals surface area contributed by atoms with Crippen molar-refractivity contribution < 1.29 is 0 Å². The molecule has 0 radical (unpaired) electrons. The van der Waals surface area contributed by atoms with Crippen LogP contribution in [0.4, 0.5) is 5.69 Å². The van der Waals surface area contributed by atoms with Crippen molar-refractivity contribution in [3.05, 3.63) is 28.2 Å². The Bertz CT molecular complexity index is 403. The van der Waals surface area contributed by atoms with Crippen molar-refractivity contribution in [2.24, 2.45) is 5.92 Å². The molecule has 1 aliphatic rings. The van der Waals surface area contributed by atoms with Crippen LogP contribution >= 0.6 is 15.9 Å². The molecular weight excluding hydrogens is 288 g/mol. The van der Waals surface area contributed by atoms with Crippen molar-refractivity contribution in [3.63, 3.8) is 0 Å². The lowest BCUT2D eigenvalue weighted by molar-refractivity contribution is 0.480. The Morgan fingerprint density at radius 1 is 1.44 bits per heavy atom. The van der Waals surface area contributed by atoms with Crippen molar-refractivity contribution in [1.29, 1.82) is 0 Å². The number of halogens is 1. The molecule has 1 aliphatic heterocycles. The SMILES string of the molecule is Cc1ccc(Br)c(N2CCC(CNC(C)C)C2)c1. The average molecular weight is 311 g/mol. The number of anilines is 1. The molecule has 2 rings (SSSR count). The van der Waals surface area contributed by atoms with Crippen LogP contribution in [-0.4, -0.2) is 25.7 Å². The summed E-state index contributed by atoms with van der Waals surface area (Å²) in [6.45, 7) is 10.1. The van der Waals surface area contributed by atoms with E-state index in [1.807, 2.05) is 0 Å². The van der Waals surface area contributed by atoms with Crippen molar-refractivity contribution in [3.8, 4) is 0 Å². The molecule has 0 aromatic heterocycles. The predicted octanol–water partition coefficient (Wildman–Crippen LogP) is 3.58. The fourth-order valence-corrected chi connectivity index (χ4v) is 2.98. The van der Waals surface area contributed by atoms with Crippen LogP contribution in [0.1, 0.15) is 25.8 Å². The van der Waals surface area contributed by atoms with E-state index >= 15 is 0 Å². The third-order valence-corrected chi connectivity index (χ3v) is 4.21. The molecule has 1 aromatic carbocycles. The number of nitrogens with one attached hydrogen (secondary N) is 1. The zero-order chi connectivity index (χ0) is 13.1. The number of aryl methyl sites for hydroxylation is 1. The van der Waals surface area contributed by atoms with E-state index in [1.54, 1.807) is 0 Å². The molecular formula is C15H23BrN2. The molecule has 1 aromatic rings. The van der Waals surface area contributed by atoms with Crippen molar-refractivity contribution in [1.82, 2.24) is 5.32 Å². The maximum absolute atomic E-state index is 3.67. The van der Waals surface area contributed by atoms with Gasteiger partial charge in [-0.1, -0.05) is 19.9 Å². The van der Waals surface area contributed by atoms with Gasteiger partial charge in [0, 0.05) is 23.6 Å². The van der Waals surface area contributed by atoms with Crippen LogP contribution in [0.5, 0.6) is 0 Å². The minimum absolute atomic E-state index is 0.588. The molecule has 18 heavy (non-hydrogen) atoms. The van der Waals surface area contributed by atoms with Crippen LogP contribution in [0.3, 0.4) is 0 Å². The zero-order valence-electron chi connectivity index (χ0n) is 11.5. The van der Waals surface area contributed by atoms with Gasteiger partial charge in [-0.15, -0.1) is 0 Å². The summed E-state index contributed by atoms with van der Waals surface area (Å²) in [6, 6.07) is 7.18. The van der Waals surface area contributed by atoms with E-state index in [-0.39, 0.29) is 0 Å². The number of benzene rings is 1. The molecule has 0 bridgehead atoms. The number of nitrogens with zero attached hydrogens (tertiary/aromatic N) is 1. The molecule has 2 nitrogen and oxygen atoms in total. The monoisotopic (exact) mass is 310 g/mol. The van der Waals surface area contributed by atoms with E-state index < -0.39 is 0 Å². The van der Waals surface area contributed by atoms with Gasteiger partial charge in [0.25, 0.3) is 0 Å². The topological polar surface area (TPSA) is 15.3 Å². The smallest absolute Gasteiger partial charge is 0.0513 e. The molecule has 1 saturated heterocycles. The van der Waals surface area contributed by atoms with Gasteiger partial charge in [0.05, 0.1) is 5.69 Å². The molecule has 0 saturated carbocycles. The molecule has 3 heteroatoms. The standard InChI is InChI=1S/C15H23BrN2/c1-11(2)17-9-13-6-7-18(10-13)15-8-12(3)4-5-14(15)16/h4-5,8,11,13,17H,6-7,9-10H2,1-3H3. The van der Waals surface area contributed by atoms with Gasteiger partial charge in [0.15, 0.2) is 0 Å². The first-order valence-electron chi connectivity index (χ1n) is 6.80. The van der Waals surface area contributed by atoms with Gasteiger partial charge < -0.3 is 10.2 Å². The zero-order valence-corrected chi connectivity index (χ0v) is 13.1. The fourth-order valence-electron chi connectivity index (χ4n) is 2.49. The first-order valence-corrected chi connectivity index (χ1v) is 7.60. The van der Waals surface area contributed by atoms with Crippen LogP contribution in [0.15, 0.2) is 22.7 Å². The molecule has 1 N–H and O–H groups in total. The molecule has 0 aliphatic carbocycles. The first kappa shape index (κ1) is 13.9. The highest BCUT2D eigenvalue weighted by atomic mass is 79.9. The maximum atomic E-state index is 3.67. The Labute approximate surface area is 119 Å². The Morgan fingerprint density at radius 3 is 2.94 bits per heavy atom. The van der Waals surface area contributed by atoms with E-state index in [9.17, 15) is 0 Å². The van der Waals surface area contributed by atoms with E-state index in [0.717, 1.165) is 12.5 Å². The second kappa shape index (κ2) is 6.07. The van der Waals surface area contributed by atoms with Gasteiger partial charge >= 0.3 is 0 Å². The Balaban J connectivity index is 1.97. The number of rotatable bonds is 4. The van der Waals surface area contributed by atoms with Gasteiger partial charge in [-0.05, 0) is 59.4 Å². The van der Waals surface area contributed by atoms with E-state index in [0.29, 0.717) is 6.04 Å². The lowest BCUT2D eigenvalue weighted by Crippen LogP contribution is -2.30. The lowest BCUT2D eigenvalue weighted by atomic mass is 10.1. The molecule has 1 fully saturated rings. The van der Waals surface area contributed by atoms with E-state index in [4.69, 9.17) is 0 Å². The predicted molar refractivity (Wildman–Crippen MR) is 82.3 cm³/mol. The summed E-state index contributed by atoms with van der Waals surface area (Å²) >= 11 is 3.67. The summed E-state index contributed by atoms with van der Waals surface area (Å²) in [5.41, 5.74) is 2.68. The second-order valence-corrected chi connectivity index (χ2v) is 6.47. The first-order chi connectivity index (χ1) is 8.56. The highest BCUT2D eigenvalue weighted by molar-refractivity contribution is 9.10. The largest absolute Gasteiger partial charge is 0.370 e. The quantitative estimate of drug-likeness (QED) is 0.914. The van der Waals surface area contributed by atoms with Crippen LogP contribution in [0.25, 0.3) is 0 Å². The van der Waals surface area contributed by atoms with Gasteiger partial charge in [-0.2, -0.15) is 0 Å². The van der Waals surface area contributed by atoms with Gasteiger partial charge in [-0.3, -0.25) is 0 Å². The third-order valence-electron chi connectivity index (χ3n) is 3.54. The average Bonchev–Trinajstić information content (AvgIpc) is 2.78. The fraction of sp³-hybridized carbons (Fsp3) is 0.600. The highest BCUT2D eigenvalue weighted by Gasteiger charge is 2.23. The Hall–Kier alpha value is -0.540. The molecule has 0 amide bonds. The number of hydrogen-bond acceptors (Lipinski definition) is 2. The van der Waals surface area contributed by atoms with Crippen LogP contribution in [-0.2, 0) is 0 Å². The highest BCUT2D eigenvalue weighted by Crippen LogP contribution is 2.31. The summed E-state index contributed by atoms with van der Waals surface area (Å²) in [4.78, 5) is 2.50. The third kappa shape index (κ3) is 3.48. The Morgan fingerprint density at radius 2 is 2.22 bits per heavy atom. The summed E-state index contributed by atoms with van der Waals surface area (Å²) in [6.07, 6.45) is 1.29. The normalized spacial score (nSPS) is 19.8. The lowest BCUT2D eigenvalue weighted by Gasteiger charge is -2.21. The Kier molecular flexibility index (Phi) is 4.68. The molecule has 1 unspecified atom stereocenters. The second-order valence-electron chi connectivity index (χ2n) is 5.62. The van der Waals surface area contributed by atoms with Crippen LogP contribution in [0, 0.1) is 12.8 Å². The van der Waals surface area contributed by atoms with Crippen LogP contribution in [0.2, 0.25) is 0 Å². The summed E-state index contributed by atoms with van der Waals surface area (Å²) < 4.78 is 1.21. The molecule has 100 valence electrons.